The molecule has 102 valence electrons. The largest absolute Gasteiger partial charge is 0.379 e. The van der Waals surface area contributed by atoms with Gasteiger partial charge in [0.15, 0.2) is 0 Å². The second-order valence-electron chi connectivity index (χ2n) is 3.77. The molecule has 0 saturated carbocycles. The van der Waals surface area contributed by atoms with Crippen molar-refractivity contribution >= 4 is 11.5 Å². The molecule has 7 heteroatoms. The first-order chi connectivity index (χ1) is 8.45. The minimum atomic E-state index is -4.04. The number of rotatable bonds is 7. The number of pyridine rings is 1. The molecule has 0 aliphatic rings. The summed E-state index contributed by atoms with van der Waals surface area (Å²) in [6.07, 6.45) is -1.37. The Hall–Kier alpha value is -1.53. The summed E-state index contributed by atoms with van der Waals surface area (Å²) in [4.78, 5) is 3.97. The van der Waals surface area contributed by atoms with Crippen LogP contribution in [0.25, 0.3) is 0 Å². The summed E-state index contributed by atoms with van der Waals surface area (Å²) in [7, 11) is 0. The summed E-state index contributed by atoms with van der Waals surface area (Å²) in [5, 5.41) is 5.24. The standard InChI is InChI=1S/C11H15F4N3/c1-2-4-16-9-6-8(3-5-17-9)18-7-11(14,15)10(12)13/h3,5-6,10H,2,4,7H2,1H3,(H2,16,17,18). The van der Waals surface area contributed by atoms with Gasteiger partial charge in [-0.2, -0.15) is 8.78 Å². The van der Waals surface area contributed by atoms with Crippen molar-refractivity contribution in [3.8, 4) is 0 Å². The molecule has 2 N–H and O–H groups in total. The summed E-state index contributed by atoms with van der Waals surface area (Å²) in [6.45, 7) is 1.56. The van der Waals surface area contributed by atoms with Gasteiger partial charge in [-0.3, -0.25) is 0 Å². The Labute approximate surface area is 103 Å². The van der Waals surface area contributed by atoms with E-state index in [1.807, 2.05) is 6.92 Å². The molecule has 18 heavy (non-hydrogen) atoms. The van der Waals surface area contributed by atoms with Gasteiger partial charge in [-0.25, -0.2) is 13.8 Å². The zero-order valence-corrected chi connectivity index (χ0v) is 9.89. The Balaban J connectivity index is 2.57. The van der Waals surface area contributed by atoms with E-state index < -0.39 is 18.9 Å². The minimum Gasteiger partial charge on any atom is -0.379 e. The van der Waals surface area contributed by atoms with Gasteiger partial charge in [-0.15, -0.1) is 0 Å². The number of hydrogen-bond acceptors (Lipinski definition) is 3. The van der Waals surface area contributed by atoms with Crippen LogP contribution in [-0.4, -0.2) is 30.4 Å². The van der Waals surface area contributed by atoms with E-state index in [9.17, 15) is 17.6 Å². The number of nitrogens with zero attached hydrogens (tertiary/aromatic N) is 1. The number of alkyl halides is 4. The predicted molar refractivity (Wildman–Crippen MR) is 62.5 cm³/mol. The fraction of sp³-hybridized carbons (Fsp3) is 0.545. The highest BCUT2D eigenvalue weighted by Crippen LogP contribution is 2.23. The topological polar surface area (TPSA) is 37.0 Å². The van der Waals surface area contributed by atoms with Gasteiger partial charge in [-0.05, 0) is 12.5 Å². The van der Waals surface area contributed by atoms with Crippen LogP contribution in [0.2, 0.25) is 0 Å². The van der Waals surface area contributed by atoms with E-state index in [1.54, 1.807) is 0 Å². The van der Waals surface area contributed by atoms with Gasteiger partial charge >= 0.3 is 12.3 Å². The van der Waals surface area contributed by atoms with Crippen LogP contribution < -0.4 is 10.6 Å². The number of nitrogens with one attached hydrogen (secondary N) is 2. The van der Waals surface area contributed by atoms with Crippen molar-refractivity contribution in [2.45, 2.75) is 25.7 Å². The minimum absolute atomic E-state index is 0.323. The highest BCUT2D eigenvalue weighted by atomic mass is 19.3. The lowest BCUT2D eigenvalue weighted by Crippen LogP contribution is -2.34. The van der Waals surface area contributed by atoms with E-state index in [1.165, 1.54) is 18.3 Å². The van der Waals surface area contributed by atoms with E-state index in [-0.39, 0.29) is 0 Å². The predicted octanol–water partition coefficient (Wildman–Crippen LogP) is 3.22. The summed E-state index contributed by atoms with van der Waals surface area (Å²) in [5.41, 5.74) is 0.323. The van der Waals surface area contributed by atoms with Crippen LogP contribution in [0.3, 0.4) is 0 Å². The molecule has 1 heterocycles. The smallest absolute Gasteiger partial charge is 0.324 e. The maximum absolute atomic E-state index is 12.7. The molecular weight excluding hydrogens is 250 g/mol. The van der Waals surface area contributed by atoms with Crippen molar-refractivity contribution in [1.29, 1.82) is 0 Å². The molecule has 0 fully saturated rings. The summed E-state index contributed by atoms with van der Waals surface area (Å²) in [6, 6.07) is 2.94. The third kappa shape index (κ3) is 4.38. The van der Waals surface area contributed by atoms with Crippen molar-refractivity contribution in [1.82, 2.24) is 4.98 Å². The fourth-order valence-corrected chi connectivity index (χ4v) is 1.19. The fourth-order valence-electron chi connectivity index (χ4n) is 1.19. The van der Waals surface area contributed by atoms with Crippen LogP contribution in [-0.2, 0) is 0 Å². The normalized spacial score (nSPS) is 11.7. The van der Waals surface area contributed by atoms with Crippen molar-refractivity contribution in [3.63, 3.8) is 0 Å². The van der Waals surface area contributed by atoms with Crippen LogP contribution in [0.5, 0.6) is 0 Å². The zero-order chi connectivity index (χ0) is 13.6. The van der Waals surface area contributed by atoms with Gasteiger partial charge in [0.25, 0.3) is 0 Å². The monoisotopic (exact) mass is 265 g/mol. The third-order valence-corrected chi connectivity index (χ3v) is 2.16. The lowest BCUT2D eigenvalue weighted by Gasteiger charge is -2.16. The third-order valence-electron chi connectivity index (χ3n) is 2.16. The maximum atomic E-state index is 12.7. The molecule has 1 aromatic heterocycles. The Morgan fingerprint density at radius 3 is 2.67 bits per heavy atom. The van der Waals surface area contributed by atoms with E-state index >= 15 is 0 Å². The van der Waals surface area contributed by atoms with Crippen molar-refractivity contribution in [3.05, 3.63) is 18.3 Å². The molecule has 0 aliphatic heterocycles. The van der Waals surface area contributed by atoms with Crippen LogP contribution in [0, 0.1) is 0 Å². The molecule has 0 bridgehead atoms. The molecule has 0 aromatic carbocycles. The molecule has 0 spiro atoms. The van der Waals surface area contributed by atoms with Gasteiger partial charge < -0.3 is 10.6 Å². The average molecular weight is 265 g/mol. The van der Waals surface area contributed by atoms with Gasteiger partial charge in [-0.1, -0.05) is 6.92 Å². The lowest BCUT2D eigenvalue weighted by atomic mass is 10.3. The van der Waals surface area contributed by atoms with Crippen molar-refractivity contribution in [2.75, 3.05) is 23.7 Å². The first kappa shape index (κ1) is 14.5. The summed E-state index contributed by atoms with van der Waals surface area (Å²) < 4.78 is 49.3. The first-order valence-corrected chi connectivity index (χ1v) is 5.55. The molecular formula is C11H15F4N3. The van der Waals surface area contributed by atoms with Crippen LogP contribution in [0.1, 0.15) is 13.3 Å². The number of aromatic nitrogens is 1. The molecule has 0 unspecified atom stereocenters. The van der Waals surface area contributed by atoms with Crippen LogP contribution >= 0.6 is 0 Å². The quantitative estimate of drug-likeness (QED) is 0.743. The van der Waals surface area contributed by atoms with Gasteiger partial charge in [0.05, 0.1) is 6.54 Å². The lowest BCUT2D eigenvalue weighted by molar-refractivity contribution is -0.117. The van der Waals surface area contributed by atoms with Crippen LogP contribution in [0.15, 0.2) is 18.3 Å². The Kier molecular flexibility index (Phi) is 5.18. The number of halogens is 4. The number of anilines is 2. The highest BCUT2D eigenvalue weighted by Gasteiger charge is 2.40. The van der Waals surface area contributed by atoms with Gasteiger partial charge in [0.1, 0.15) is 5.82 Å². The maximum Gasteiger partial charge on any atom is 0.324 e. The second kappa shape index (κ2) is 6.42. The zero-order valence-electron chi connectivity index (χ0n) is 9.89. The average Bonchev–Trinajstić information content (AvgIpc) is 2.34. The molecule has 0 aliphatic carbocycles. The van der Waals surface area contributed by atoms with Gasteiger partial charge in [0, 0.05) is 24.5 Å². The van der Waals surface area contributed by atoms with Crippen LogP contribution in [0.4, 0.5) is 29.1 Å². The SMILES string of the molecule is CCCNc1cc(NCC(F)(F)C(F)F)ccn1. The van der Waals surface area contributed by atoms with Crippen molar-refractivity contribution in [2.24, 2.45) is 0 Å². The second-order valence-corrected chi connectivity index (χ2v) is 3.77. The molecule has 0 saturated heterocycles. The molecule has 0 atom stereocenters. The summed E-state index contributed by atoms with van der Waals surface area (Å²) in [5.74, 6) is -3.53. The number of hydrogen-bond donors (Lipinski definition) is 2. The Morgan fingerprint density at radius 1 is 1.33 bits per heavy atom. The Morgan fingerprint density at radius 2 is 2.06 bits per heavy atom. The highest BCUT2D eigenvalue weighted by molar-refractivity contribution is 5.51. The molecule has 3 nitrogen and oxygen atoms in total. The molecule has 0 amide bonds. The van der Waals surface area contributed by atoms with Crippen molar-refractivity contribution < 1.29 is 17.6 Å². The van der Waals surface area contributed by atoms with E-state index in [2.05, 4.69) is 15.6 Å². The van der Waals surface area contributed by atoms with Gasteiger partial charge in [0.2, 0.25) is 0 Å². The Bertz CT molecular complexity index is 371. The molecule has 1 rings (SSSR count). The summed E-state index contributed by atoms with van der Waals surface area (Å²) >= 11 is 0. The van der Waals surface area contributed by atoms with E-state index in [0.29, 0.717) is 18.1 Å². The van der Waals surface area contributed by atoms with E-state index in [0.717, 1.165) is 6.42 Å². The van der Waals surface area contributed by atoms with E-state index in [4.69, 9.17) is 0 Å². The molecule has 0 radical (unpaired) electrons. The first-order valence-electron chi connectivity index (χ1n) is 5.55. The molecule has 1 aromatic rings.